The number of carbonyl (C=O) groups excluding carboxylic acids is 3. The Hall–Kier alpha value is -4.04. The third-order valence-corrected chi connectivity index (χ3v) is 7.21. The van der Waals surface area contributed by atoms with Gasteiger partial charge in [0.05, 0.1) is 43.3 Å². The van der Waals surface area contributed by atoms with Crippen LogP contribution in [-0.2, 0) is 14.3 Å². The number of nitrogens with zero attached hydrogens (tertiary/aromatic N) is 6. The van der Waals surface area contributed by atoms with Crippen molar-refractivity contribution in [2.45, 2.75) is 51.3 Å². The van der Waals surface area contributed by atoms with Crippen molar-refractivity contribution in [3.63, 3.8) is 0 Å². The molecule has 1 amide bonds. The Kier molecular flexibility index (Phi) is 8.26. The van der Waals surface area contributed by atoms with Crippen molar-refractivity contribution in [3.05, 3.63) is 48.2 Å². The minimum absolute atomic E-state index is 0.000275. The Balaban J connectivity index is 1.16. The van der Waals surface area contributed by atoms with E-state index in [-0.39, 0.29) is 25.0 Å². The van der Waals surface area contributed by atoms with Gasteiger partial charge in [-0.2, -0.15) is 5.53 Å². The van der Waals surface area contributed by atoms with Crippen LogP contribution in [0.3, 0.4) is 0 Å². The maximum Gasteiger partial charge on any atom is 0.414 e. The monoisotopic (exact) mass is 556 g/mol. The van der Waals surface area contributed by atoms with Gasteiger partial charge in [-0.05, 0) is 44.0 Å². The molecule has 1 aromatic carbocycles. The minimum Gasteiger partial charge on any atom is -0.465 e. The Morgan fingerprint density at radius 1 is 1.23 bits per heavy atom. The maximum absolute atomic E-state index is 15.3. The number of carbonyl (C=O) groups is 3. The number of amides is 1. The molecule has 0 saturated carbocycles. The first kappa shape index (κ1) is 27.5. The summed E-state index contributed by atoms with van der Waals surface area (Å²) < 4.78 is 27.4. The molecule has 5 rings (SSSR count). The average molecular weight is 557 g/mol. The zero-order chi connectivity index (χ0) is 28.2. The molecule has 0 bridgehead atoms. The van der Waals surface area contributed by atoms with E-state index in [1.165, 1.54) is 17.2 Å². The summed E-state index contributed by atoms with van der Waals surface area (Å²) in [4.78, 5) is 40.0. The van der Waals surface area contributed by atoms with Crippen molar-refractivity contribution in [2.75, 3.05) is 42.6 Å². The Morgan fingerprint density at radius 2 is 2.02 bits per heavy atom. The van der Waals surface area contributed by atoms with Gasteiger partial charge >= 0.3 is 12.1 Å². The summed E-state index contributed by atoms with van der Waals surface area (Å²) in [5, 5.41) is 9.69. The SMILES string of the molecule is CCOC(=O)C1C=CN(CC2CN(c3ccc(N4CCC(n5nncc5C(=O)CC)CC4)c(F)c3)C(=O)O2)NN1. The topological polar surface area (TPSA) is 134 Å². The molecule has 214 valence electrons. The van der Waals surface area contributed by atoms with E-state index < -0.39 is 30.0 Å². The zero-order valence-corrected chi connectivity index (χ0v) is 22.5. The van der Waals surface area contributed by atoms with Crippen LogP contribution in [0.4, 0.5) is 20.6 Å². The number of hydrogen-bond acceptors (Lipinski definition) is 11. The first-order valence-electron chi connectivity index (χ1n) is 13.5. The molecule has 1 aromatic heterocycles. The van der Waals surface area contributed by atoms with Crippen LogP contribution < -0.4 is 20.8 Å². The lowest BCUT2D eigenvalue weighted by molar-refractivity contribution is -0.145. The van der Waals surface area contributed by atoms with E-state index in [1.54, 1.807) is 47.9 Å². The van der Waals surface area contributed by atoms with Crippen molar-refractivity contribution in [1.29, 1.82) is 0 Å². The molecule has 2 saturated heterocycles. The molecular weight excluding hydrogens is 523 g/mol. The van der Waals surface area contributed by atoms with Crippen LogP contribution in [0.5, 0.6) is 0 Å². The van der Waals surface area contributed by atoms with Crippen molar-refractivity contribution < 1.29 is 28.2 Å². The van der Waals surface area contributed by atoms with Crippen LogP contribution in [0.1, 0.15) is 49.6 Å². The lowest BCUT2D eigenvalue weighted by Crippen LogP contribution is -2.56. The predicted molar refractivity (Wildman–Crippen MR) is 142 cm³/mol. The first-order valence-corrected chi connectivity index (χ1v) is 13.5. The van der Waals surface area contributed by atoms with Crippen LogP contribution in [0, 0.1) is 5.82 Å². The third kappa shape index (κ3) is 5.77. The molecule has 14 heteroatoms. The number of Topliss-reactive ketones (excluding diaryl/α,β-unsaturated/α-hetero) is 1. The van der Waals surface area contributed by atoms with Gasteiger partial charge < -0.3 is 14.4 Å². The van der Waals surface area contributed by atoms with Crippen molar-refractivity contribution >= 4 is 29.2 Å². The highest BCUT2D eigenvalue weighted by Gasteiger charge is 2.35. The Morgan fingerprint density at radius 3 is 2.70 bits per heavy atom. The summed E-state index contributed by atoms with van der Waals surface area (Å²) in [5.74, 6) is -0.823. The molecule has 2 aromatic rings. The van der Waals surface area contributed by atoms with E-state index in [2.05, 4.69) is 21.3 Å². The van der Waals surface area contributed by atoms with Crippen LogP contribution >= 0.6 is 0 Å². The number of cyclic esters (lactones) is 1. The Labute approximate surface area is 230 Å². The molecule has 2 unspecified atom stereocenters. The summed E-state index contributed by atoms with van der Waals surface area (Å²) in [7, 11) is 0. The van der Waals surface area contributed by atoms with E-state index in [9.17, 15) is 14.4 Å². The quantitative estimate of drug-likeness (QED) is 0.347. The van der Waals surface area contributed by atoms with Crippen molar-refractivity contribution in [3.8, 4) is 0 Å². The molecule has 3 aliphatic rings. The highest BCUT2D eigenvalue weighted by Crippen LogP contribution is 2.32. The van der Waals surface area contributed by atoms with Gasteiger partial charge in [0, 0.05) is 25.7 Å². The predicted octanol–water partition coefficient (Wildman–Crippen LogP) is 1.95. The van der Waals surface area contributed by atoms with Gasteiger partial charge in [-0.15, -0.1) is 5.10 Å². The van der Waals surface area contributed by atoms with Crippen LogP contribution in [0.15, 0.2) is 36.7 Å². The number of hydrazine groups is 2. The van der Waals surface area contributed by atoms with E-state index in [0.717, 1.165) is 0 Å². The van der Waals surface area contributed by atoms with Gasteiger partial charge in [0.2, 0.25) is 0 Å². The summed E-state index contributed by atoms with van der Waals surface area (Å²) >= 11 is 0. The summed E-state index contributed by atoms with van der Waals surface area (Å²) in [6.45, 7) is 5.57. The standard InChI is InChI=1S/C26H33FN8O5/c1-3-24(36)23-14-28-30-35(23)17-7-10-32(11-8-17)22-6-5-18(13-20(22)27)34-16-19(40-26(34)38)15-33-12-9-21(29-31-33)25(37)39-4-2/h5-6,9,12-14,17,19,21,29,31H,3-4,7-8,10-11,15-16H2,1-2H3. The molecule has 2 atom stereocenters. The van der Waals surface area contributed by atoms with E-state index in [4.69, 9.17) is 9.47 Å². The van der Waals surface area contributed by atoms with Gasteiger partial charge in [-0.1, -0.05) is 12.1 Å². The number of aromatic nitrogens is 3. The number of piperidine rings is 1. The molecule has 2 fully saturated rings. The van der Waals surface area contributed by atoms with Crippen LogP contribution in [-0.4, -0.2) is 82.8 Å². The van der Waals surface area contributed by atoms with E-state index in [1.807, 2.05) is 4.90 Å². The molecule has 40 heavy (non-hydrogen) atoms. The first-order chi connectivity index (χ1) is 19.4. The highest BCUT2D eigenvalue weighted by molar-refractivity contribution is 5.94. The minimum atomic E-state index is -0.614. The highest BCUT2D eigenvalue weighted by atomic mass is 19.1. The number of hydrogen-bond donors (Lipinski definition) is 2. The molecule has 0 spiro atoms. The van der Waals surface area contributed by atoms with Gasteiger partial charge in [0.25, 0.3) is 0 Å². The second-order valence-corrected chi connectivity index (χ2v) is 9.79. The molecule has 0 aliphatic carbocycles. The molecule has 0 radical (unpaired) electrons. The van der Waals surface area contributed by atoms with Crippen molar-refractivity contribution in [1.82, 2.24) is 31.0 Å². The zero-order valence-electron chi connectivity index (χ0n) is 22.5. The molecular formula is C26H33FN8O5. The van der Waals surface area contributed by atoms with Gasteiger partial charge in [0.1, 0.15) is 23.7 Å². The normalized spacial score (nSPS) is 21.6. The number of ether oxygens (including phenoxy) is 2. The van der Waals surface area contributed by atoms with Gasteiger partial charge in [0.15, 0.2) is 5.78 Å². The van der Waals surface area contributed by atoms with Crippen LogP contribution in [0.25, 0.3) is 0 Å². The second-order valence-electron chi connectivity index (χ2n) is 9.79. The van der Waals surface area contributed by atoms with Gasteiger partial charge in [-0.3, -0.25) is 14.7 Å². The Bertz CT molecular complexity index is 1280. The lowest BCUT2D eigenvalue weighted by Gasteiger charge is -2.34. The largest absolute Gasteiger partial charge is 0.465 e. The summed E-state index contributed by atoms with van der Waals surface area (Å²) in [5.41, 5.74) is 7.09. The van der Waals surface area contributed by atoms with Gasteiger partial charge in [-0.25, -0.2) is 24.1 Å². The van der Waals surface area contributed by atoms with Crippen LogP contribution in [0.2, 0.25) is 0 Å². The van der Waals surface area contributed by atoms with E-state index >= 15 is 4.39 Å². The molecule has 13 nitrogen and oxygen atoms in total. The fourth-order valence-corrected chi connectivity index (χ4v) is 5.12. The number of ketones is 1. The number of benzene rings is 1. The number of esters is 1. The number of anilines is 2. The number of nitrogens with one attached hydrogen (secondary N) is 2. The number of rotatable bonds is 9. The summed E-state index contributed by atoms with van der Waals surface area (Å²) in [6.07, 6.45) is 5.58. The maximum atomic E-state index is 15.3. The summed E-state index contributed by atoms with van der Waals surface area (Å²) in [6, 6.07) is 4.16. The smallest absolute Gasteiger partial charge is 0.414 e. The fraction of sp³-hybridized carbons (Fsp3) is 0.500. The lowest BCUT2D eigenvalue weighted by atomic mass is 10.0. The molecule has 3 aliphatic heterocycles. The fourth-order valence-electron chi connectivity index (χ4n) is 5.12. The van der Waals surface area contributed by atoms with E-state index in [0.29, 0.717) is 56.0 Å². The molecule has 2 N–H and O–H groups in total. The average Bonchev–Trinajstić information content (AvgIpc) is 3.60. The number of halogens is 1. The molecule has 4 heterocycles. The van der Waals surface area contributed by atoms with Crippen molar-refractivity contribution in [2.24, 2.45) is 0 Å². The second kappa shape index (κ2) is 12.0. The third-order valence-electron chi connectivity index (χ3n) is 7.21.